The summed E-state index contributed by atoms with van der Waals surface area (Å²) in [6, 6.07) is 0. The molecule has 0 aromatic heterocycles. The lowest BCUT2D eigenvalue weighted by Gasteiger charge is -2.32. The van der Waals surface area contributed by atoms with E-state index in [0.717, 1.165) is 65.1 Å². The predicted octanol–water partition coefficient (Wildman–Crippen LogP) is 0.261. The van der Waals surface area contributed by atoms with Gasteiger partial charge in [0.05, 0.1) is 0 Å². The van der Waals surface area contributed by atoms with Crippen LogP contribution in [0.25, 0.3) is 0 Å². The van der Waals surface area contributed by atoms with Crippen LogP contribution in [0.2, 0.25) is 0 Å². The normalized spacial score (nSPS) is 25.7. The summed E-state index contributed by atoms with van der Waals surface area (Å²) in [6.07, 6.45) is 2.79. The molecule has 1 unspecified atom stereocenters. The molecule has 5 nitrogen and oxygen atoms in total. The fraction of sp³-hybridized carbons (Fsp3) is 0.929. The summed E-state index contributed by atoms with van der Waals surface area (Å²) in [4.78, 5) is 18.7. The van der Waals surface area contributed by atoms with E-state index in [4.69, 9.17) is 4.74 Å². The van der Waals surface area contributed by atoms with Crippen molar-refractivity contribution >= 4 is 5.91 Å². The maximum atomic E-state index is 12.1. The van der Waals surface area contributed by atoms with Gasteiger partial charge in [-0.15, -0.1) is 0 Å². The van der Waals surface area contributed by atoms with Crippen LogP contribution in [0.5, 0.6) is 0 Å². The van der Waals surface area contributed by atoms with Gasteiger partial charge in [-0.05, 0) is 32.9 Å². The second-order valence-corrected chi connectivity index (χ2v) is 5.76. The Kier molecular flexibility index (Phi) is 5.60. The maximum Gasteiger partial charge on any atom is 0.251 e. The minimum Gasteiger partial charge on any atom is -0.368 e. The summed E-state index contributed by atoms with van der Waals surface area (Å²) < 4.78 is 5.44. The third kappa shape index (κ3) is 4.44. The third-order valence-corrected chi connectivity index (χ3v) is 4.15. The number of rotatable bonds is 5. The minimum absolute atomic E-state index is 0.163. The largest absolute Gasteiger partial charge is 0.368 e. The minimum atomic E-state index is -0.173. The summed E-state index contributed by atoms with van der Waals surface area (Å²) >= 11 is 0. The van der Waals surface area contributed by atoms with Gasteiger partial charge in [0.1, 0.15) is 6.10 Å². The van der Waals surface area contributed by atoms with Crippen molar-refractivity contribution in [2.24, 2.45) is 0 Å². The first kappa shape index (κ1) is 14.8. The number of likely N-dealkylation sites (N-methyl/N-ethyl adjacent to an activating group) is 2. The number of nitrogens with zero attached hydrogens (tertiary/aromatic N) is 3. The van der Waals surface area contributed by atoms with Crippen molar-refractivity contribution < 1.29 is 9.53 Å². The molecule has 2 fully saturated rings. The molecule has 0 radical (unpaired) electrons. The van der Waals surface area contributed by atoms with Crippen LogP contribution in [0, 0.1) is 0 Å². The van der Waals surface area contributed by atoms with E-state index in [1.54, 1.807) is 0 Å². The highest BCUT2D eigenvalue weighted by Crippen LogP contribution is 2.14. The van der Waals surface area contributed by atoms with Gasteiger partial charge < -0.3 is 19.4 Å². The zero-order valence-electron chi connectivity index (χ0n) is 12.3. The molecule has 0 aromatic rings. The monoisotopic (exact) mass is 269 g/mol. The summed E-state index contributed by atoms with van der Waals surface area (Å²) in [6.45, 7) is 7.29. The van der Waals surface area contributed by atoms with Crippen molar-refractivity contribution in [1.82, 2.24) is 14.7 Å². The number of hydrogen-bond donors (Lipinski definition) is 0. The Bertz CT molecular complexity index is 284. The first-order valence-electron chi connectivity index (χ1n) is 7.44. The lowest BCUT2D eigenvalue weighted by atomic mass is 10.2. The van der Waals surface area contributed by atoms with E-state index in [0.29, 0.717) is 0 Å². The molecular weight excluding hydrogens is 242 g/mol. The molecule has 1 amide bonds. The van der Waals surface area contributed by atoms with Crippen molar-refractivity contribution in [1.29, 1.82) is 0 Å². The highest BCUT2D eigenvalue weighted by atomic mass is 16.5. The Morgan fingerprint density at radius 1 is 1.32 bits per heavy atom. The third-order valence-electron chi connectivity index (χ3n) is 4.15. The molecule has 0 saturated carbocycles. The average Bonchev–Trinajstić information content (AvgIpc) is 2.94. The smallest absolute Gasteiger partial charge is 0.251 e. The first-order chi connectivity index (χ1) is 9.16. The van der Waals surface area contributed by atoms with Crippen LogP contribution in [0.1, 0.15) is 19.3 Å². The fourth-order valence-electron chi connectivity index (χ4n) is 2.73. The van der Waals surface area contributed by atoms with Crippen molar-refractivity contribution in [2.45, 2.75) is 25.4 Å². The SMILES string of the molecule is CN1CCN(CCCN(C)C(=O)C2CCCO2)CC1. The lowest BCUT2D eigenvalue weighted by molar-refractivity contribution is -0.139. The van der Waals surface area contributed by atoms with Crippen LogP contribution < -0.4 is 0 Å². The summed E-state index contributed by atoms with van der Waals surface area (Å²) in [7, 11) is 4.07. The van der Waals surface area contributed by atoms with E-state index in [-0.39, 0.29) is 12.0 Å². The van der Waals surface area contributed by atoms with Gasteiger partial charge in [-0.25, -0.2) is 0 Å². The Morgan fingerprint density at radius 3 is 2.68 bits per heavy atom. The van der Waals surface area contributed by atoms with E-state index in [2.05, 4.69) is 16.8 Å². The van der Waals surface area contributed by atoms with Crippen LogP contribution in [0.4, 0.5) is 0 Å². The standard InChI is InChI=1S/C14H27N3O2/c1-15-8-10-17(11-9-15)7-4-6-16(2)14(18)13-5-3-12-19-13/h13H,3-12H2,1-2H3. The number of carbonyl (C=O) groups excluding carboxylic acids is 1. The summed E-state index contributed by atoms with van der Waals surface area (Å²) in [5.41, 5.74) is 0. The highest BCUT2D eigenvalue weighted by molar-refractivity contribution is 5.80. The molecule has 2 aliphatic heterocycles. The second kappa shape index (κ2) is 7.22. The molecule has 2 saturated heterocycles. The van der Waals surface area contributed by atoms with E-state index >= 15 is 0 Å². The lowest BCUT2D eigenvalue weighted by Crippen LogP contribution is -2.45. The van der Waals surface area contributed by atoms with Crippen LogP contribution in [0.15, 0.2) is 0 Å². The van der Waals surface area contributed by atoms with Crippen LogP contribution in [-0.2, 0) is 9.53 Å². The zero-order chi connectivity index (χ0) is 13.7. The van der Waals surface area contributed by atoms with Crippen molar-refractivity contribution in [3.05, 3.63) is 0 Å². The van der Waals surface area contributed by atoms with E-state index in [1.165, 1.54) is 0 Å². The molecule has 2 heterocycles. The molecule has 2 rings (SSSR count). The molecule has 0 bridgehead atoms. The molecule has 0 aliphatic carbocycles. The molecule has 1 atom stereocenters. The van der Waals surface area contributed by atoms with E-state index < -0.39 is 0 Å². The number of hydrogen-bond acceptors (Lipinski definition) is 4. The molecule has 0 aromatic carbocycles. The van der Waals surface area contributed by atoms with E-state index in [1.807, 2.05) is 11.9 Å². The number of amides is 1. The van der Waals surface area contributed by atoms with E-state index in [9.17, 15) is 4.79 Å². The van der Waals surface area contributed by atoms with Crippen LogP contribution >= 0.6 is 0 Å². The highest BCUT2D eigenvalue weighted by Gasteiger charge is 2.26. The first-order valence-corrected chi connectivity index (χ1v) is 7.44. The van der Waals surface area contributed by atoms with Gasteiger partial charge in [-0.2, -0.15) is 0 Å². The molecule has 19 heavy (non-hydrogen) atoms. The van der Waals surface area contributed by atoms with Crippen molar-refractivity contribution in [3.8, 4) is 0 Å². The van der Waals surface area contributed by atoms with Gasteiger partial charge in [0.25, 0.3) is 5.91 Å². The van der Waals surface area contributed by atoms with Gasteiger partial charge in [0.15, 0.2) is 0 Å². The molecular formula is C14H27N3O2. The quantitative estimate of drug-likeness (QED) is 0.717. The van der Waals surface area contributed by atoms with Gasteiger partial charge in [-0.1, -0.05) is 0 Å². The van der Waals surface area contributed by atoms with Crippen molar-refractivity contribution in [2.75, 3.05) is 60.0 Å². The summed E-state index contributed by atoms with van der Waals surface area (Å²) in [5.74, 6) is 0.163. The van der Waals surface area contributed by atoms with Crippen molar-refractivity contribution in [3.63, 3.8) is 0 Å². The predicted molar refractivity (Wildman–Crippen MR) is 75.2 cm³/mol. The zero-order valence-corrected chi connectivity index (χ0v) is 12.3. The fourth-order valence-corrected chi connectivity index (χ4v) is 2.73. The Labute approximate surface area is 116 Å². The second-order valence-electron chi connectivity index (χ2n) is 5.76. The number of ether oxygens (including phenoxy) is 1. The molecule has 2 aliphatic rings. The van der Waals surface area contributed by atoms with Gasteiger partial charge >= 0.3 is 0 Å². The number of carbonyl (C=O) groups is 1. The Morgan fingerprint density at radius 2 is 2.05 bits per heavy atom. The topological polar surface area (TPSA) is 36.0 Å². The van der Waals surface area contributed by atoms with Gasteiger partial charge in [-0.3, -0.25) is 4.79 Å². The van der Waals surface area contributed by atoms with Gasteiger partial charge in [0, 0.05) is 46.4 Å². The van der Waals surface area contributed by atoms with Crippen LogP contribution in [-0.4, -0.2) is 86.7 Å². The molecule has 0 spiro atoms. The van der Waals surface area contributed by atoms with Gasteiger partial charge in [0.2, 0.25) is 0 Å². The Balaban J connectivity index is 1.60. The van der Waals surface area contributed by atoms with Crippen LogP contribution in [0.3, 0.4) is 0 Å². The molecule has 0 N–H and O–H groups in total. The molecule has 110 valence electrons. The summed E-state index contributed by atoms with van der Waals surface area (Å²) in [5, 5.41) is 0. The average molecular weight is 269 g/mol. The maximum absolute atomic E-state index is 12.1. The molecule has 5 heteroatoms. The Hall–Kier alpha value is -0.650. The number of piperazine rings is 1.